The number of aromatic nitrogens is 1. The molecule has 0 saturated carbocycles. The maximum atomic E-state index is 11.3. The molecule has 0 unspecified atom stereocenters. The molecule has 0 bridgehead atoms. The largest absolute Gasteiger partial charge is 0.397 e. The van der Waals surface area contributed by atoms with Crippen LogP contribution in [0.4, 0.5) is 11.5 Å². The summed E-state index contributed by atoms with van der Waals surface area (Å²) in [7, 11) is 0. The van der Waals surface area contributed by atoms with E-state index in [2.05, 4.69) is 23.7 Å². The number of carbonyl (C=O) groups excluding carboxylic acids is 1. The van der Waals surface area contributed by atoms with Crippen LogP contribution in [-0.4, -0.2) is 36.2 Å². The van der Waals surface area contributed by atoms with Gasteiger partial charge in [0, 0.05) is 6.54 Å². The quantitative estimate of drug-likeness (QED) is 0.791. The number of nitrogens with two attached hydrogens (primary N) is 2. The first-order chi connectivity index (χ1) is 8.42. The van der Waals surface area contributed by atoms with Crippen LogP contribution in [0.2, 0.25) is 0 Å². The van der Waals surface area contributed by atoms with Crippen molar-refractivity contribution in [2.75, 3.05) is 30.4 Å². The fourth-order valence-corrected chi connectivity index (χ4v) is 2.10. The van der Waals surface area contributed by atoms with Crippen molar-refractivity contribution < 1.29 is 9.53 Å². The van der Waals surface area contributed by atoms with E-state index in [0.717, 1.165) is 6.54 Å². The molecule has 1 fully saturated rings. The summed E-state index contributed by atoms with van der Waals surface area (Å²) in [5, 5.41) is 0. The number of amides is 1. The summed E-state index contributed by atoms with van der Waals surface area (Å²) in [5.74, 6) is 0.161. The average Bonchev–Trinajstić information content (AvgIpc) is 2.29. The van der Waals surface area contributed by atoms with Crippen LogP contribution < -0.4 is 16.4 Å². The van der Waals surface area contributed by atoms with E-state index >= 15 is 0 Å². The molecule has 6 nitrogen and oxygen atoms in total. The molecule has 2 rings (SSSR count). The lowest BCUT2D eigenvalue weighted by Crippen LogP contribution is -2.53. The number of anilines is 2. The first-order valence-corrected chi connectivity index (χ1v) is 5.82. The second-order valence-corrected chi connectivity index (χ2v) is 5.01. The number of primary amides is 1. The number of hydrogen-bond acceptors (Lipinski definition) is 5. The van der Waals surface area contributed by atoms with Crippen LogP contribution in [0.15, 0.2) is 12.3 Å². The maximum Gasteiger partial charge on any atom is 0.250 e. The Morgan fingerprint density at radius 3 is 2.89 bits per heavy atom. The van der Waals surface area contributed by atoms with Gasteiger partial charge < -0.3 is 21.1 Å². The highest BCUT2D eigenvalue weighted by atomic mass is 16.5. The van der Waals surface area contributed by atoms with E-state index < -0.39 is 5.91 Å². The second kappa shape index (κ2) is 4.45. The molecule has 1 aromatic rings. The number of pyridine rings is 1. The number of nitrogens with zero attached hydrogens (tertiary/aromatic N) is 2. The fraction of sp³-hybridized carbons (Fsp3) is 0.500. The van der Waals surface area contributed by atoms with Crippen LogP contribution in [0, 0.1) is 0 Å². The second-order valence-electron chi connectivity index (χ2n) is 5.01. The van der Waals surface area contributed by atoms with Crippen molar-refractivity contribution in [3.8, 4) is 0 Å². The number of carbonyl (C=O) groups is 1. The first kappa shape index (κ1) is 12.6. The Hall–Kier alpha value is -1.82. The molecule has 1 aromatic heterocycles. The molecule has 6 heteroatoms. The lowest BCUT2D eigenvalue weighted by Gasteiger charge is -2.43. The van der Waals surface area contributed by atoms with Gasteiger partial charge in [0.2, 0.25) is 0 Å². The summed E-state index contributed by atoms with van der Waals surface area (Å²) in [6.07, 6.45) is 1.47. The minimum atomic E-state index is -0.540. The van der Waals surface area contributed by atoms with Crippen molar-refractivity contribution >= 4 is 17.4 Å². The summed E-state index contributed by atoms with van der Waals surface area (Å²) in [4.78, 5) is 17.7. The smallest absolute Gasteiger partial charge is 0.250 e. The Bertz CT molecular complexity index is 473. The molecular formula is C12H18N4O2. The summed E-state index contributed by atoms with van der Waals surface area (Å²) < 4.78 is 5.45. The highest BCUT2D eigenvalue weighted by molar-refractivity contribution is 5.98. The molecule has 4 N–H and O–H groups in total. The molecule has 0 spiro atoms. The van der Waals surface area contributed by atoms with Crippen LogP contribution in [0.25, 0.3) is 0 Å². The van der Waals surface area contributed by atoms with E-state index in [4.69, 9.17) is 16.2 Å². The lowest BCUT2D eigenvalue weighted by atomic mass is 10.0. The zero-order valence-corrected chi connectivity index (χ0v) is 10.6. The van der Waals surface area contributed by atoms with Crippen molar-refractivity contribution in [1.82, 2.24) is 4.98 Å². The van der Waals surface area contributed by atoms with Crippen LogP contribution >= 0.6 is 0 Å². The van der Waals surface area contributed by atoms with Gasteiger partial charge in [-0.15, -0.1) is 0 Å². The van der Waals surface area contributed by atoms with Gasteiger partial charge in [0.05, 0.1) is 36.2 Å². The fourth-order valence-electron chi connectivity index (χ4n) is 2.10. The predicted molar refractivity (Wildman–Crippen MR) is 69.4 cm³/mol. The zero-order chi connectivity index (χ0) is 13.3. The van der Waals surface area contributed by atoms with Gasteiger partial charge in [0.25, 0.3) is 5.91 Å². The highest BCUT2D eigenvalue weighted by Crippen LogP contribution is 2.27. The molecule has 1 aliphatic heterocycles. The van der Waals surface area contributed by atoms with Crippen molar-refractivity contribution in [3.63, 3.8) is 0 Å². The topological polar surface area (TPSA) is 94.5 Å². The van der Waals surface area contributed by atoms with Gasteiger partial charge in [-0.2, -0.15) is 0 Å². The van der Waals surface area contributed by atoms with Gasteiger partial charge in [-0.05, 0) is 19.9 Å². The minimum absolute atomic E-state index is 0.170. The third-order valence-electron chi connectivity index (χ3n) is 3.11. The number of rotatable bonds is 2. The van der Waals surface area contributed by atoms with E-state index in [1.54, 1.807) is 6.07 Å². The number of ether oxygens (including phenoxy) is 1. The normalized spacial score (nSPS) is 18.7. The van der Waals surface area contributed by atoms with E-state index in [-0.39, 0.29) is 5.54 Å². The van der Waals surface area contributed by atoms with Gasteiger partial charge in [-0.25, -0.2) is 4.98 Å². The van der Waals surface area contributed by atoms with E-state index in [1.807, 2.05) is 0 Å². The molecule has 0 radical (unpaired) electrons. The summed E-state index contributed by atoms with van der Waals surface area (Å²) in [6.45, 7) is 6.11. The van der Waals surface area contributed by atoms with Gasteiger partial charge in [-0.1, -0.05) is 0 Å². The Balaban J connectivity index is 2.38. The van der Waals surface area contributed by atoms with Gasteiger partial charge >= 0.3 is 0 Å². The molecule has 0 aromatic carbocycles. The van der Waals surface area contributed by atoms with Crippen LogP contribution in [0.1, 0.15) is 24.2 Å². The molecule has 1 amide bonds. The maximum absolute atomic E-state index is 11.3. The van der Waals surface area contributed by atoms with Gasteiger partial charge in [0.15, 0.2) is 0 Å². The summed E-state index contributed by atoms with van der Waals surface area (Å²) >= 11 is 0. The summed E-state index contributed by atoms with van der Waals surface area (Å²) in [5.41, 5.74) is 11.4. The number of hydrogen-bond donors (Lipinski definition) is 2. The molecule has 18 heavy (non-hydrogen) atoms. The number of nitrogen functional groups attached to an aromatic ring is 1. The van der Waals surface area contributed by atoms with Crippen molar-refractivity contribution in [1.29, 1.82) is 0 Å². The Kier molecular flexibility index (Phi) is 3.13. The molecule has 0 atom stereocenters. The highest BCUT2D eigenvalue weighted by Gasteiger charge is 2.31. The molecular weight excluding hydrogens is 232 g/mol. The standard InChI is InChI=1S/C12H18N4O2/c1-12(2)7-18-4-3-16(12)10-5-8(11(14)17)9(13)6-15-10/h5-6H,3-4,7,13H2,1-2H3,(H2,14,17). The minimum Gasteiger partial charge on any atom is -0.397 e. The molecule has 1 saturated heterocycles. The van der Waals surface area contributed by atoms with Crippen LogP contribution in [0.3, 0.4) is 0 Å². The van der Waals surface area contributed by atoms with Crippen molar-refractivity contribution in [2.45, 2.75) is 19.4 Å². The first-order valence-electron chi connectivity index (χ1n) is 5.82. The molecule has 1 aliphatic rings. The van der Waals surface area contributed by atoms with Crippen LogP contribution in [0.5, 0.6) is 0 Å². The Labute approximate surface area is 106 Å². The SMILES string of the molecule is CC1(C)COCCN1c1cc(C(N)=O)c(N)cn1. The lowest BCUT2D eigenvalue weighted by molar-refractivity contribution is 0.0639. The molecule has 98 valence electrons. The van der Waals surface area contributed by atoms with Crippen LogP contribution in [-0.2, 0) is 4.74 Å². The molecule has 2 heterocycles. The van der Waals surface area contributed by atoms with E-state index in [0.29, 0.717) is 30.3 Å². The predicted octanol–water partition coefficient (Wildman–Crippen LogP) is 0.378. The zero-order valence-electron chi connectivity index (χ0n) is 10.6. The third kappa shape index (κ3) is 2.24. The summed E-state index contributed by atoms with van der Waals surface area (Å²) in [6, 6.07) is 1.64. The average molecular weight is 250 g/mol. The number of morpholine rings is 1. The third-order valence-corrected chi connectivity index (χ3v) is 3.11. The molecule has 0 aliphatic carbocycles. The van der Waals surface area contributed by atoms with E-state index in [9.17, 15) is 4.79 Å². The van der Waals surface area contributed by atoms with Gasteiger partial charge in [0.1, 0.15) is 5.82 Å². The Morgan fingerprint density at radius 1 is 1.56 bits per heavy atom. The van der Waals surface area contributed by atoms with E-state index in [1.165, 1.54) is 6.20 Å². The van der Waals surface area contributed by atoms with Gasteiger partial charge in [-0.3, -0.25) is 4.79 Å². The van der Waals surface area contributed by atoms with Crippen molar-refractivity contribution in [3.05, 3.63) is 17.8 Å². The van der Waals surface area contributed by atoms with Crippen molar-refractivity contribution in [2.24, 2.45) is 5.73 Å². The Morgan fingerprint density at radius 2 is 2.28 bits per heavy atom. The monoisotopic (exact) mass is 250 g/mol.